The van der Waals surface area contributed by atoms with Crippen LogP contribution in [0.15, 0.2) is 0 Å². The molecule has 0 aliphatic heterocycles. The minimum Gasteiger partial charge on any atom is -0.385 e. The first-order chi connectivity index (χ1) is 4.04. The summed E-state index contributed by atoms with van der Waals surface area (Å²) >= 11 is 0. The summed E-state index contributed by atoms with van der Waals surface area (Å²) in [6.45, 7) is 1.20. The van der Waals surface area contributed by atoms with E-state index in [1.54, 1.807) is 0 Å². The van der Waals surface area contributed by atoms with E-state index >= 15 is 0 Å². The fourth-order valence-corrected chi connectivity index (χ4v) is 0.334. The topological polar surface area (TPSA) is 80.4 Å². The van der Waals surface area contributed by atoms with Crippen LogP contribution < -0.4 is 5.73 Å². The molecule has 0 aromatic carbocycles. The van der Waals surface area contributed by atoms with Gasteiger partial charge in [0.1, 0.15) is 6.10 Å². The van der Waals surface area contributed by atoms with Crippen LogP contribution in [0, 0.1) is 0 Å². The van der Waals surface area contributed by atoms with E-state index in [0.29, 0.717) is 0 Å². The molecule has 0 bridgehead atoms. The summed E-state index contributed by atoms with van der Waals surface area (Å²) in [6, 6.07) is 0. The second-order valence-corrected chi connectivity index (χ2v) is 1.80. The van der Waals surface area contributed by atoms with Gasteiger partial charge in [-0.15, -0.1) is 0 Å². The SMILES string of the molecule is CC(=O)[C@@H](O)CC(N)=O. The Bertz CT molecular complexity index is 132. The Labute approximate surface area is 52.7 Å². The van der Waals surface area contributed by atoms with Gasteiger partial charge in [-0.1, -0.05) is 0 Å². The van der Waals surface area contributed by atoms with Crippen molar-refractivity contribution in [2.24, 2.45) is 5.73 Å². The summed E-state index contributed by atoms with van der Waals surface area (Å²) in [5.74, 6) is -1.11. The Hall–Kier alpha value is -0.900. The standard InChI is InChI=1S/C5H9NO3/c1-3(7)4(8)2-5(6)9/h4,8H,2H2,1H3,(H2,6,9)/t4-/m0/s1. The maximum atomic E-state index is 10.2. The first kappa shape index (κ1) is 8.10. The maximum Gasteiger partial charge on any atom is 0.220 e. The molecule has 4 heteroatoms. The van der Waals surface area contributed by atoms with Crippen molar-refractivity contribution in [1.29, 1.82) is 0 Å². The third-order valence-corrected chi connectivity index (χ3v) is 0.864. The molecule has 0 saturated heterocycles. The molecule has 0 aliphatic carbocycles. The first-order valence-corrected chi connectivity index (χ1v) is 2.51. The smallest absolute Gasteiger partial charge is 0.220 e. The molecule has 3 N–H and O–H groups in total. The molecule has 0 heterocycles. The maximum absolute atomic E-state index is 10.2. The molecule has 0 saturated carbocycles. The second kappa shape index (κ2) is 3.19. The highest BCUT2D eigenvalue weighted by Gasteiger charge is 2.11. The number of primary amides is 1. The fourth-order valence-electron chi connectivity index (χ4n) is 0.334. The van der Waals surface area contributed by atoms with Crippen molar-refractivity contribution >= 4 is 11.7 Å². The molecular weight excluding hydrogens is 122 g/mol. The van der Waals surface area contributed by atoms with Crippen LogP contribution in [-0.4, -0.2) is 22.9 Å². The van der Waals surface area contributed by atoms with E-state index in [9.17, 15) is 9.59 Å². The Morgan fingerprint density at radius 1 is 1.67 bits per heavy atom. The summed E-state index contributed by atoms with van der Waals surface area (Å²) in [5.41, 5.74) is 4.68. The van der Waals surface area contributed by atoms with Gasteiger partial charge in [-0.3, -0.25) is 9.59 Å². The zero-order valence-corrected chi connectivity index (χ0v) is 5.13. The number of rotatable bonds is 3. The van der Waals surface area contributed by atoms with Crippen LogP contribution in [0.5, 0.6) is 0 Å². The molecule has 1 atom stereocenters. The molecule has 0 aromatic heterocycles. The van der Waals surface area contributed by atoms with Crippen LogP contribution in [0.4, 0.5) is 0 Å². The molecule has 52 valence electrons. The number of hydrogen-bond acceptors (Lipinski definition) is 3. The molecule has 0 aromatic rings. The van der Waals surface area contributed by atoms with Gasteiger partial charge < -0.3 is 10.8 Å². The average molecular weight is 131 g/mol. The number of Topliss-reactive ketones (excluding diaryl/α,β-unsaturated/α-hetero) is 1. The minimum absolute atomic E-state index is 0.282. The highest BCUT2D eigenvalue weighted by atomic mass is 16.3. The van der Waals surface area contributed by atoms with E-state index in [0.717, 1.165) is 0 Å². The Morgan fingerprint density at radius 2 is 2.11 bits per heavy atom. The van der Waals surface area contributed by atoms with Crippen molar-refractivity contribution in [3.8, 4) is 0 Å². The predicted molar refractivity (Wildman–Crippen MR) is 30.5 cm³/mol. The van der Waals surface area contributed by atoms with E-state index in [1.807, 2.05) is 0 Å². The summed E-state index contributed by atoms with van der Waals surface area (Å²) in [5, 5.41) is 8.65. The highest BCUT2D eigenvalue weighted by Crippen LogP contribution is 1.89. The van der Waals surface area contributed by atoms with Gasteiger partial charge in [0, 0.05) is 0 Å². The lowest BCUT2D eigenvalue weighted by molar-refractivity contribution is -0.130. The van der Waals surface area contributed by atoms with E-state index in [4.69, 9.17) is 5.11 Å². The molecular formula is C5H9NO3. The van der Waals surface area contributed by atoms with Crippen LogP contribution in [0.25, 0.3) is 0 Å². The molecule has 0 fully saturated rings. The van der Waals surface area contributed by atoms with Gasteiger partial charge in [0.2, 0.25) is 5.91 Å². The van der Waals surface area contributed by atoms with Crippen LogP contribution >= 0.6 is 0 Å². The zero-order valence-electron chi connectivity index (χ0n) is 5.13. The number of carbonyl (C=O) groups is 2. The molecule has 0 spiro atoms. The van der Waals surface area contributed by atoms with Crippen molar-refractivity contribution in [1.82, 2.24) is 0 Å². The third-order valence-electron chi connectivity index (χ3n) is 0.864. The van der Waals surface area contributed by atoms with Crippen molar-refractivity contribution in [2.45, 2.75) is 19.4 Å². The van der Waals surface area contributed by atoms with Gasteiger partial charge in [-0.2, -0.15) is 0 Å². The van der Waals surface area contributed by atoms with E-state index in [1.165, 1.54) is 6.92 Å². The van der Waals surface area contributed by atoms with Crippen LogP contribution in [0.1, 0.15) is 13.3 Å². The lowest BCUT2D eigenvalue weighted by Crippen LogP contribution is -2.25. The van der Waals surface area contributed by atoms with Crippen molar-refractivity contribution in [3.05, 3.63) is 0 Å². The highest BCUT2D eigenvalue weighted by molar-refractivity contribution is 5.86. The quantitative estimate of drug-likeness (QED) is 0.505. The lowest BCUT2D eigenvalue weighted by Gasteiger charge is -2.00. The number of hydrogen-bond donors (Lipinski definition) is 2. The van der Waals surface area contributed by atoms with E-state index < -0.39 is 17.8 Å². The molecule has 0 radical (unpaired) electrons. The number of carbonyl (C=O) groups excluding carboxylic acids is 2. The molecule has 9 heavy (non-hydrogen) atoms. The number of ketones is 1. The fraction of sp³-hybridized carbons (Fsp3) is 0.600. The second-order valence-electron chi connectivity index (χ2n) is 1.80. The number of amides is 1. The van der Waals surface area contributed by atoms with Gasteiger partial charge in [0.25, 0.3) is 0 Å². The summed E-state index contributed by atoms with van der Waals surface area (Å²) in [7, 11) is 0. The molecule has 0 unspecified atom stereocenters. The van der Waals surface area contributed by atoms with Gasteiger partial charge in [-0.05, 0) is 6.92 Å². The Morgan fingerprint density at radius 3 is 2.22 bits per heavy atom. The van der Waals surface area contributed by atoms with Crippen molar-refractivity contribution < 1.29 is 14.7 Å². The van der Waals surface area contributed by atoms with Gasteiger partial charge in [-0.25, -0.2) is 0 Å². The molecule has 4 nitrogen and oxygen atoms in total. The Kier molecular flexibility index (Phi) is 2.87. The third kappa shape index (κ3) is 3.66. The van der Waals surface area contributed by atoms with E-state index in [2.05, 4.69) is 5.73 Å². The zero-order chi connectivity index (χ0) is 7.44. The van der Waals surface area contributed by atoms with Crippen LogP contribution in [-0.2, 0) is 9.59 Å². The van der Waals surface area contributed by atoms with Gasteiger partial charge in [0.05, 0.1) is 6.42 Å². The van der Waals surface area contributed by atoms with E-state index in [-0.39, 0.29) is 6.42 Å². The summed E-state index contributed by atoms with van der Waals surface area (Å²) in [6.07, 6.45) is -1.50. The number of aliphatic hydroxyl groups excluding tert-OH is 1. The van der Waals surface area contributed by atoms with Gasteiger partial charge in [0.15, 0.2) is 5.78 Å². The summed E-state index contributed by atoms with van der Waals surface area (Å²) < 4.78 is 0. The number of nitrogens with two attached hydrogens (primary N) is 1. The number of aliphatic hydroxyl groups is 1. The van der Waals surface area contributed by atoms with Crippen LogP contribution in [0.2, 0.25) is 0 Å². The first-order valence-electron chi connectivity index (χ1n) is 2.51. The van der Waals surface area contributed by atoms with Crippen molar-refractivity contribution in [2.75, 3.05) is 0 Å². The van der Waals surface area contributed by atoms with Gasteiger partial charge >= 0.3 is 0 Å². The monoisotopic (exact) mass is 131 g/mol. The normalized spacial score (nSPS) is 12.7. The molecule has 1 amide bonds. The predicted octanol–water partition coefficient (Wildman–Crippen LogP) is -1.19. The Balaban J connectivity index is 3.63. The largest absolute Gasteiger partial charge is 0.385 e. The minimum atomic E-state index is -1.22. The average Bonchev–Trinajstić information content (AvgIpc) is 1.63. The lowest BCUT2D eigenvalue weighted by atomic mass is 10.2. The van der Waals surface area contributed by atoms with Crippen molar-refractivity contribution in [3.63, 3.8) is 0 Å². The van der Waals surface area contributed by atoms with Crippen LogP contribution in [0.3, 0.4) is 0 Å². The molecule has 0 rings (SSSR count). The summed E-state index contributed by atoms with van der Waals surface area (Å²) in [4.78, 5) is 20.2. The molecule has 0 aliphatic rings.